The molecule has 1 atom stereocenters. The third-order valence-corrected chi connectivity index (χ3v) is 6.48. The van der Waals surface area contributed by atoms with Crippen LogP contribution in [0.25, 0.3) is 27.8 Å². The highest BCUT2D eigenvalue weighted by atomic mass is 16.1. The van der Waals surface area contributed by atoms with Gasteiger partial charge in [-0.05, 0) is 73.5 Å². The number of H-pyrrole nitrogens is 1. The second-order valence-corrected chi connectivity index (χ2v) is 10.5. The maximum atomic E-state index is 13.0. The molecule has 32 heavy (non-hydrogen) atoms. The van der Waals surface area contributed by atoms with Crippen molar-refractivity contribution in [1.82, 2.24) is 29.0 Å². The Kier molecular flexibility index (Phi) is 4.97. The minimum atomic E-state index is -0.0120. The van der Waals surface area contributed by atoms with E-state index in [1.807, 2.05) is 22.2 Å². The largest absolute Gasteiger partial charge is 0.326 e. The summed E-state index contributed by atoms with van der Waals surface area (Å²) in [6.45, 7) is 14.1. The van der Waals surface area contributed by atoms with Crippen LogP contribution in [0.15, 0.2) is 35.5 Å². The van der Waals surface area contributed by atoms with Crippen LogP contribution in [-0.2, 0) is 0 Å². The van der Waals surface area contributed by atoms with Crippen molar-refractivity contribution >= 4 is 16.7 Å². The van der Waals surface area contributed by atoms with E-state index in [2.05, 4.69) is 65.9 Å². The van der Waals surface area contributed by atoms with Gasteiger partial charge in [0.2, 0.25) is 0 Å². The zero-order valence-electron chi connectivity index (χ0n) is 19.6. The first-order valence-corrected chi connectivity index (χ1v) is 11.5. The van der Waals surface area contributed by atoms with Crippen LogP contribution in [-0.4, -0.2) is 48.7 Å². The Morgan fingerprint density at radius 3 is 2.75 bits per heavy atom. The number of nitrogens with zero attached hydrogens (tertiary/aromatic N) is 5. The molecule has 1 unspecified atom stereocenters. The molecule has 1 aliphatic rings. The van der Waals surface area contributed by atoms with Gasteiger partial charge in [-0.2, -0.15) is 5.10 Å². The van der Waals surface area contributed by atoms with Crippen LogP contribution < -0.4 is 5.69 Å². The normalized spacial score (nSPS) is 18.1. The summed E-state index contributed by atoms with van der Waals surface area (Å²) in [7, 11) is 0. The van der Waals surface area contributed by atoms with Crippen molar-refractivity contribution in [2.24, 2.45) is 5.41 Å². The van der Waals surface area contributed by atoms with E-state index in [0.29, 0.717) is 0 Å². The summed E-state index contributed by atoms with van der Waals surface area (Å²) >= 11 is 0. The van der Waals surface area contributed by atoms with Gasteiger partial charge in [-0.3, -0.25) is 4.57 Å². The highest BCUT2D eigenvalue weighted by Crippen LogP contribution is 2.31. The molecule has 0 saturated carbocycles. The third kappa shape index (κ3) is 3.75. The molecule has 1 N–H and O–H groups in total. The van der Waals surface area contributed by atoms with Gasteiger partial charge in [-0.1, -0.05) is 20.8 Å². The van der Waals surface area contributed by atoms with Gasteiger partial charge in [-0.15, -0.1) is 0 Å². The summed E-state index contributed by atoms with van der Waals surface area (Å²) in [5.74, 6) is 0. The van der Waals surface area contributed by atoms with Crippen LogP contribution in [0.1, 0.15) is 50.8 Å². The number of benzene rings is 1. The summed E-state index contributed by atoms with van der Waals surface area (Å²) in [5.41, 5.74) is 7.38. The highest BCUT2D eigenvalue weighted by molar-refractivity contribution is 5.84. The summed E-state index contributed by atoms with van der Waals surface area (Å²) in [4.78, 5) is 23.0. The lowest BCUT2D eigenvalue weighted by Crippen LogP contribution is -2.42. The smallest absolute Gasteiger partial charge is 0.306 e. The molecule has 7 heteroatoms. The van der Waals surface area contributed by atoms with Crippen LogP contribution in [0, 0.1) is 19.3 Å². The lowest BCUT2D eigenvalue weighted by Gasteiger charge is -2.37. The number of hydrogen-bond acceptors (Lipinski definition) is 4. The van der Waals surface area contributed by atoms with Crippen molar-refractivity contribution in [3.05, 3.63) is 52.3 Å². The number of pyridine rings is 1. The van der Waals surface area contributed by atoms with Gasteiger partial charge in [0, 0.05) is 24.8 Å². The Hall–Kier alpha value is -2.93. The van der Waals surface area contributed by atoms with E-state index in [4.69, 9.17) is 0 Å². The first-order valence-electron chi connectivity index (χ1n) is 11.5. The van der Waals surface area contributed by atoms with Gasteiger partial charge in [-0.25, -0.2) is 14.3 Å². The Morgan fingerprint density at radius 2 is 1.97 bits per heavy atom. The lowest BCUT2D eigenvalue weighted by atomic mass is 9.94. The van der Waals surface area contributed by atoms with Gasteiger partial charge in [0.25, 0.3) is 0 Å². The molecule has 168 valence electrons. The molecule has 1 fully saturated rings. The lowest BCUT2D eigenvalue weighted by molar-refractivity contribution is 0.131. The van der Waals surface area contributed by atoms with E-state index in [9.17, 15) is 4.79 Å². The molecule has 1 saturated heterocycles. The number of rotatable bonds is 3. The van der Waals surface area contributed by atoms with Crippen molar-refractivity contribution in [2.75, 3.05) is 19.6 Å². The molecule has 4 aromatic rings. The summed E-state index contributed by atoms with van der Waals surface area (Å²) in [5, 5.41) is 4.31. The number of hydrogen-bond donors (Lipinski definition) is 1. The zero-order chi connectivity index (χ0) is 22.6. The third-order valence-electron chi connectivity index (χ3n) is 6.48. The van der Waals surface area contributed by atoms with Crippen LogP contribution in [0.5, 0.6) is 0 Å². The van der Waals surface area contributed by atoms with Crippen LogP contribution in [0.4, 0.5) is 0 Å². The average molecular weight is 433 g/mol. The fraction of sp³-hybridized carbons (Fsp3) is 0.480. The molecular weight excluding hydrogens is 400 g/mol. The van der Waals surface area contributed by atoms with Crippen molar-refractivity contribution in [2.45, 2.75) is 53.5 Å². The minimum Gasteiger partial charge on any atom is -0.306 e. The number of aromatic nitrogens is 5. The van der Waals surface area contributed by atoms with Gasteiger partial charge in [0.15, 0.2) is 5.65 Å². The number of fused-ring (bicyclic) bond motifs is 2. The monoisotopic (exact) mass is 432 g/mol. The van der Waals surface area contributed by atoms with Crippen molar-refractivity contribution in [3.63, 3.8) is 0 Å². The number of nitrogens with one attached hydrogen (secondary N) is 1. The number of aromatic amines is 1. The SMILES string of the molecule is Cc1cc2c(cc1-c1cc(C)c3ncnn3c1)[nH]c(=O)n2C1CCCN(CC(C)(C)C)C1. The molecule has 1 aromatic carbocycles. The molecule has 4 heterocycles. The number of imidazole rings is 1. The van der Waals surface area contributed by atoms with Gasteiger partial charge in [0.1, 0.15) is 6.33 Å². The molecule has 3 aromatic heterocycles. The second kappa shape index (κ2) is 7.59. The van der Waals surface area contributed by atoms with E-state index in [0.717, 1.165) is 71.4 Å². The quantitative estimate of drug-likeness (QED) is 0.523. The van der Waals surface area contributed by atoms with Gasteiger partial charge in [0.05, 0.1) is 17.1 Å². The standard InChI is InChI=1S/C25H32N6O/c1-16-10-22-21(11-20(16)18-9-17(2)23-26-15-27-30(23)12-18)28-24(32)31(22)19-7-6-8-29(13-19)14-25(3,4)5/h9-12,15,19H,6-8,13-14H2,1-5H3,(H,28,32). The van der Waals surface area contributed by atoms with Crippen LogP contribution in [0.2, 0.25) is 0 Å². The van der Waals surface area contributed by atoms with Crippen molar-refractivity contribution < 1.29 is 0 Å². The van der Waals surface area contributed by atoms with E-state index < -0.39 is 0 Å². The van der Waals surface area contributed by atoms with Crippen LogP contribution >= 0.6 is 0 Å². The van der Waals surface area contributed by atoms with E-state index in [1.165, 1.54) is 0 Å². The first-order chi connectivity index (χ1) is 15.2. The van der Waals surface area contributed by atoms with Crippen molar-refractivity contribution in [1.29, 1.82) is 0 Å². The Morgan fingerprint density at radius 1 is 1.16 bits per heavy atom. The van der Waals surface area contributed by atoms with Gasteiger partial charge >= 0.3 is 5.69 Å². The molecule has 0 aliphatic carbocycles. The minimum absolute atomic E-state index is 0.0120. The van der Waals surface area contributed by atoms with E-state index in [-0.39, 0.29) is 17.1 Å². The second-order valence-electron chi connectivity index (χ2n) is 10.5. The number of piperidine rings is 1. The number of aryl methyl sites for hydroxylation is 2. The fourth-order valence-corrected chi connectivity index (χ4v) is 5.25. The maximum Gasteiger partial charge on any atom is 0.326 e. The van der Waals surface area contributed by atoms with Gasteiger partial charge < -0.3 is 9.88 Å². The Labute approximate surface area is 188 Å². The van der Waals surface area contributed by atoms with Crippen molar-refractivity contribution in [3.8, 4) is 11.1 Å². The predicted octanol–water partition coefficient (Wildman–Crippen LogP) is 4.34. The summed E-state index contributed by atoms with van der Waals surface area (Å²) in [6.07, 6.45) is 5.74. The predicted molar refractivity (Wildman–Crippen MR) is 128 cm³/mol. The number of likely N-dealkylation sites (tertiary alicyclic amines) is 1. The fourth-order valence-electron chi connectivity index (χ4n) is 5.25. The maximum absolute atomic E-state index is 13.0. The Balaban J connectivity index is 1.55. The highest BCUT2D eigenvalue weighted by Gasteiger charge is 2.27. The topological polar surface area (TPSA) is 71.2 Å². The van der Waals surface area contributed by atoms with E-state index in [1.54, 1.807) is 6.33 Å². The molecule has 0 amide bonds. The molecule has 7 nitrogen and oxygen atoms in total. The summed E-state index contributed by atoms with van der Waals surface area (Å²) in [6, 6.07) is 6.60. The van der Waals surface area contributed by atoms with Crippen LogP contribution in [0.3, 0.4) is 0 Å². The molecule has 1 aliphatic heterocycles. The molecule has 0 bridgehead atoms. The average Bonchev–Trinajstić information content (AvgIpc) is 3.30. The Bertz CT molecular complexity index is 1350. The zero-order valence-corrected chi connectivity index (χ0v) is 19.6. The van der Waals surface area contributed by atoms with E-state index >= 15 is 0 Å². The molecule has 0 radical (unpaired) electrons. The molecule has 5 rings (SSSR count). The molecule has 0 spiro atoms. The first kappa shape index (κ1) is 20.9. The summed E-state index contributed by atoms with van der Waals surface area (Å²) < 4.78 is 3.81. The molecular formula is C25H32N6O.